The summed E-state index contributed by atoms with van der Waals surface area (Å²) in [5.41, 5.74) is 2.17. The van der Waals surface area contributed by atoms with E-state index in [-0.39, 0.29) is 0 Å². The molecule has 1 aromatic carbocycles. The quantitative estimate of drug-likeness (QED) is 0.903. The molecule has 2 atom stereocenters. The first kappa shape index (κ1) is 15.0. The lowest BCUT2D eigenvalue weighted by molar-refractivity contribution is -0.151. The highest BCUT2D eigenvalue weighted by Gasteiger charge is 2.49. The maximum atomic E-state index is 11.9. The predicted molar refractivity (Wildman–Crippen MR) is 86.6 cm³/mol. The predicted octanol–water partition coefficient (Wildman–Crippen LogP) is 3.64. The van der Waals surface area contributed by atoms with Crippen LogP contribution < -0.4 is 0 Å². The number of carboxylic acid groups (broad SMARTS) is 1. The maximum absolute atomic E-state index is 11.9. The van der Waals surface area contributed by atoms with E-state index in [4.69, 9.17) is 0 Å². The number of rotatable bonds is 3. The van der Waals surface area contributed by atoms with Crippen LogP contribution >= 0.6 is 15.9 Å². The molecule has 1 aromatic rings. The molecule has 0 saturated carbocycles. The van der Waals surface area contributed by atoms with E-state index in [1.165, 1.54) is 11.1 Å². The van der Waals surface area contributed by atoms with Gasteiger partial charge in [-0.25, -0.2) is 0 Å². The molecule has 0 aromatic heterocycles. The largest absolute Gasteiger partial charge is 0.480 e. The summed E-state index contributed by atoms with van der Waals surface area (Å²) in [6.07, 6.45) is 5.60. The van der Waals surface area contributed by atoms with Gasteiger partial charge in [-0.2, -0.15) is 0 Å². The molecule has 1 heterocycles. The molecular formula is C17H22BrNO2. The number of likely N-dealkylation sites (tertiary alicyclic amines) is 1. The van der Waals surface area contributed by atoms with Gasteiger partial charge in [-0.15, -0.1) is 0 Å². The fraction of sp³-hybridized carbons (Fsp3) is 0.588. The topological polar surface area (TPSA) is 40.5 Å². The summed E-state index contributed by atoms with van der Waals surface area (Å²) < 4.78 is 1.13. The van der Waals surface area contributed by atoms with Crippen LogP contribution in [0.15, 0.2) is 22.7 Å². The standard InChI is InChI=1S/C17H22BrNO2/c1-2-17(16(20)21)8-3-9-19(17)15-7-5-12-10-14(18)6-4-13(12)11-15/h4,6,10,15H,2-3,5,7-9,11H2,1H3,(H,20,21). The third-order valence-electron chi connectivity index (χ3n) is 5.33. The number of hydrogen-bond acceptors (Lipinski definition) is 2. The van der Waals surface area contributed by atoms with E-state index in [9.17, 15) is 9.90 Å². The number of benzene rings is 1. The number of aliphatic carboxylic acids is 1. The molecule has 0 radical (unpaired) electrons. The average Bonchev–Trinajstić information content (AvgIpc) is 2.92. The molecule has 0 amide bonds. The summed E-state index contributed by atoms with van der Waals surface area (Å²) in [5.74, 6) is -0.635. The van der Waals surface area contributed by atoms with Crippen molar-refractivity contribution in [1.82, 2.24) is 4.90 Å². The third kappa shape index (κ3) is 2.53. The molecule has 4 heteroatoms. The molecular weight excluding hydrogens is 330 g/mol. The number of carboxylic acids is 1. The van der Waals surface area contributed by atoms with Gasteiger partial charge >= 0.3 is 5.97 Å². The lowest BCUT2D eigenvalue weighted by atomic mass is 9.84. The van der Waals surface area contributed by atoms with Crippen molar-refractivity contribution in [3.8, 4) is 0 Å². The van der Waals surface area contributed by atoms with Crippen LogP contribution in [0, 0.1) is 0 Å². The molecule has 114 valence electrons. The molecule has 2 aliphatic rings. The van der Waals surface area contributed by atoms with Gasteiger partial charge in [0, 0.05) is 10.5 Å². The van der Waals surface area contributed by atoms with E-state index in [2.05, 4.69) is 39.0 Å². The Labute approximate surface area is 134 Å². The fourth-order valence-electron chi connectivity index (χ4n) is 4.16. The molecule has 1 aliphatic carbocycles. The zero-order chi connectivity index (χ0) is 15.0. The molecule has 1 fully saturated rings. The highest BCUT2D eigenvalue weighted by Crippen LogP contribution is 2.38. The van der Waals surface area contributed by atoms with Crippen molar-refractivity contribution in [1.29, 1.82) is 0 Å². The van der Waals surface area contributed by atoms with Crippen LogP contribution in [0.3, 0.4) is 0 Å². The first-order valence-electron chi connectivity index (χ1n) is 7.84. The number of carbonyl (C=O) groups is 1. The third-order valence-corrected chi connectivity index (χ3v) is 5.83. The van der Waals surface area contributed by atoms with E-state index in [1.54, 1.807) is 0 Å². The molecule has 3 nitrogen and oxygen atoms in total. The molecule has 1 N–H and O–H groups in total. The molecule has 0 bridgehead atoms. The van der Waals surface area contributed by atoms with Gasteiger partial charge in [0.2, 0.25) is 0 Å². The SMILES string of the molecule is CCC1(C(=O)O)CCCN1C1CCc2cc(Br)ccc2C1. The second-order valence-electron chi connectivity index (χ2n) is 6.30. The maximum Gasteiger partial charge on any atom is 0.324 e. The van der Waals surface area contributed by atoms with Crippen molar-refractivity contribution in [3.05, 3.63) is 33.8 Å². The normalized spacial score (nSPS) is 29.3. The number of hydrogen-bond donors (Lipinski definition) is 1. The lowest BCUT2D eigenvalue weighted by Gasteiger charge is -2.41. The van der Waals surface area contributed by atoms with Crippen molar-refractivity contribution in [2.24, 2.45) is 0 Å². The van der Waals surface area contributed by atoms with Crippen molar-refractivity contribution >= 4 is 21.9 Å². The zero-order valence-electron chi connectivity index (χ0n) is 12.4. The van der Waals surface area contributed by atoms with Crippen LogP contribution in [-0.2, 0) is 17.6 Å². The van der Waals surface area contributed by atoms with Crippen LogP contribution in [0.25, 0.3) is 0 Å². The first-order valence-corrected chi connectivity index (χ1v) is 8.63. The monoisotopic (exact) mass is 351 g/mol. The molecule has 1 aliphatic heterocycles. The van der Waals surface area contributed by atoms with Gasteiger partial charge in [-0.3, -0.25) is 9.69 Å². The van der Waals surface area contributed by atoms with E-state index in [1.807, 2.05) is 6.92 Å². The van der Waals surface area contributed by atoms with Gasteiger partial charge in [-0.05, 0) is 68.3 Å². The Morgan fingerprint density at radius 2 is 2.29 bits per heavy atom. The number of halogens is 1. The van der Waals surface area contributed by atoms with Crippen molar-refractivity contribution < 1.29 is 9.90 Å². The second kappa shape index (κ2) is 5.73. The number of aryl methyl sites for hydroxylation is 1. The zero-order valence-corrected chi connectivity index (χ0v) is 14.0. The van der Waals surface area contributed by atoms with E-state index in [0.29, 0.717) is 12.5 Å². The molecule has 1 saturated heterocycles. The highest BCUT2D eigenvalue weighted by molar-refractivity contribution is 9.10. The van der Waals surface area contributed by atoms with Crippen LogP contribution in [0.1, 0.15) is 43.7 Å². The number of fused-ring (bicyclic) bond motifs is 1. The summed E-state index contributed by atoms with van der Waals surface area (Å²) in [4.78, 5) is 14.1. The first-order chi connectivity index (χ1) is 10.1. The minimum absolute atomic E-state index is 0.372. The van der Waals surface area contributed by atoms with E-state index < -0.39 is 11.5 Å². The molecule has 2 unspecified atom stereocenters. The minimum Gasteiger partial charge on any atom is -0.480 e. The molecule has 21 heavy (non-hydrogen) atoms. The Morgan fingerprint density at radius 1 is 1.48 bits per heavy atom. The summed E-state index contributed by atoms with van der Waals surface area (Å²) >= 11 is 3.53. The van der Waals surface area contributed by atoms with Gasteiger partial charge in [0.05, 0.1) is 0 Å². The van der Waals surface area contributed by atoms with Gasteiger partial charge < -0.3 is 5.11 Å². The van der Waals surface area contributed by atoms with Gasteiger partial charge in [0.25, 0.3) is 0 Å². The van der Waals surface area contributed by atoms with Crippen LogP contribution in [0.4, 0.5) is 0 Å². The van der Waals surface area contributed by atoms with Gasteiger partial charge in [0.15, 0.2) is 0 Å². The van der Waals surface area contributed by atoms with Crippen molar-refractivity contribution in [3.63, 3.8) is 0 Å². The summed E-state index contributed by atoms with van der Waals surface area (Å²) in [6, 6.07) is 6.86. The Hall–Kier alpha value is -0.870. The Kier molecular flexibility index (Phi) is 4.10. The molecule has 3 rings (SSSR count). The van der Waals surface area contributed by atoms with Gasteiger partial charge in [0.1, 0.15) is 5.54 Å². The number of nitrogens with zero attached hydrogens (tertiary/aromatic N) is 1. The van der Waals surface area contributed by atoms with E-state index >= 15 is 0 Å². The second-order valence-corrected chi connectivity index (χ2v) is 7.21. The Bertz CT molecular complexity index is 560. The Balaban J connectivity index is 1.85. The summed E-state index contributed by atoms with van der Waals surface area (Å²) in [7, 11) is 0. The van der Waals surface area contributed by atoms with Crippen LogP contribution in [0.5, 0.6) is 0 Å². The fourth-order valence-corrected chi connectivity index (χ4v) is 4.57. The minimum atomic E-state index is -0.635. The summed E-state index contributed by atoms with van der Waals surface area (Å²) in [6.45, 7) is 2.94. The average molecular weight is 352 g/mol. The van der Waals surface area contributed by atoms with Crippen molar-refractivity contribution in [2.75, 3.05) is 6.54 Å². The highest BCUT2D eigenvalue weighted by atomic mass is 79.9. The van der Waals surface area contributed by atoms with Crippen LogP contribution in [0.2, 0.25) is 0 Å². The summed E-state index contributed by atoms with van der Waals surface area (Å²) in [5, 5.41) is 9.75. The van der Waals surface area contributed by atoms with Crippen LogP contribution in [-0.4, -0.2) is 34.1 Å². The van der Waals surface area contributed by atoms with Crippen molar-refractivity contribution in [2.45, 2.75) is 57.0 Å². The lowest BCUT2D eigenvalue weighted by Crippen LogP contribution is -2.55. The van der Waals surface area contributed by atoms with Gasteiger partial charge in [-0.1, -0.05) is 28.9 Å². The smallest absolute Gasteiger partial charge is 0.324 e. The molecule has 0 spiro atoms. The van der Waals surface area contributed by atoms with E-state index in [0.717, 1.165) is 43.1 Å². The Morgan fingerprint density at radius 3 is 3.00 bits per heavy atom.